The molecular formula is C14H15BrO3. The van der Waals surface area contributed by atoms with Crippen molar-refractivity contribution in [3.63, 3.8) is 0 Å². The van der Waals surface area contributed by atoms with Crippen LogP contribution in [0.3, 0.4) is 0 Å². The predicted octanol–water partition coefficient (Wildman–Crippen LogP) is 3.28. The number of hydrogen-bond donors (Lipinski definition) is 1. The molecule has 3 rings (SSSR count). The molecule has 1 fully saturated rings. The van der Waals surface area contributed by atoms with Crippen LogP contribution in [-0.4, -0.2) is 17.7 Å². The number of halogens is 1. The van der Waals surface area contributed by atoms with Crippen LogP contribution in [0, 0.1) is 0 Å². The van der Waals surface area contributed by atoms with Crippen LogP contribution in [0.2, 0.25) is 0 Å². The van der Waals surface area contributed by atoms with Gasteiger partial charge in [0, 0.05) is 16.5 Å². The summed E-state index contributed by atoms with van der Waals surface area (Å²) in [7, 11) is 0. The van der Waals surface area contributed by atoms with Gasteiger partial charge in [0.05, 0.1) is 12.0 Å². The average molecular weight is 311 g/mol. The van der Waals surface area contributed by atoms with E-state index in [0.717, 1.165) is 40.6 Å². The van der Waals surface area contributed by atoms with Crippen LogP contribution in [0.1, 0.15) is 36.8 Å². The zero-order valence-electron chi connectivity index (χ0n) is 10.0. The van der Waals surface area contributed by atoms with Crippen LogP contribution < -0.4 is 4.74 Å². The second kappa shape index (κ2) is 4.26. The van der Waals surface area contributed by atoms with Gasteiger partial charge >= 0.3 is 5.97 Å². The molecule has 1 saturated carbocycles. The summed E-state index contributed by atoms with van der Waals surface area (Å²) in [4.78, 5) is 11.8. The molecule has 1 aromatic carbocycles. The highest BCUT2D eigenvalue weighted by Gasteiger charge is 2.45. The number of hydrogen-bond acceptors (Lipinski definition) is 2. The smallest absolute Gasteiger partial charge is 0.314 e. The third-order valence-corrected chi connectivity index (χ3v) is 4.59. The van der Waals surface area contributed by atoms with E-state index in [1.807, 2.05) is 12.1 Å². The molecule has 96 valence electrons. The molecule has 0 radical (unpaired) electrons. The molecule has 2 aliphatic rings. The molecule has 1 aliphatic heterocycles. The van der Waals surface area contributed by atoms with E-state index in [2.05, 4.69) is 15.9 Å². The standard InChI is InChI=1S/C14H15BrO3/c15-10-7-9-3-6-18-12(9)11(8-10)14(13(16)17)4-1-2-5-14/h7-8H,1-6H2,(H,16,17). The van der Waals surface area contributed by atoms with Gasteiger partial charge in [0.15, 0.2) is 0 Å². The van der Waals surface area contributed by atoms with Gasteiger partial charge in [0.1, 0.15) is 5.75 Å². The first-order valence-corrected chi connectivity index (χ1v) is 7.12. The van der Waals surface area contributed by atoms with E-state index in [1.165, 1.54) is 0 Å². The van der Waals surface area contributed by atoms with Crippen molar-refractivity contribution in [3.8, 4) is 5.75 Å². The zero-order valence-corrected chi connectivity index (χ0v) is 11.6. The van der Waals surface area contributed by atoms with Crippen LogP contribution in [0.25, 0.3) is 0 Å². The molecule has 1 aromatic rings. The molecule has 1 aliphatic carbocycles. The molecule has 18 heavy (non-hydrogen) atoms. The van der Waals surface area contributed by atoms with Crippen molar-refractivity contribution in [1.29, 1.82) is 0 Å². The second-order valence-electron chi connectivity index (χ2n) is 5.13. The number of carbonyl (C=O) groups is 1. The molecule has 0 amide bonds. The fraction of sp³-hybridized carbons (Fsp3) is 0.500. The van der Waals surface area contributed by atoms with Crippen LogP contribution in [0.5, 0.6) is 5.75 Å². The third kappa shape index (κ3) is 1.66. The Balaban J connectivity index is 2.19. The lowest BCUT2D eigenvalue weighted by atomic mass is 9.78. The number of ether oxygens (including phenoxy) is 1. The first-order chi connectivity index (χ1) is 8.63. The zero-order chi connectivity index (χ0) is 12.8. The number of fused-ring (bicyclic) bond motifs is 1. The van der Waals surface area contributed by atoms with Gasteiger partial charge in [-0.05, 0) is 30.5 Å². The van der Waals surface area contributed by atoms with Gasteiger partial charge in [-0.2, -0.15) is 0 Å². The maximum absolute atomic E-state index is 11.8. The monoisotopic (exact) mass is 310 g/mol. The normalized spacial score (nSPS) is 20.5. The van der Waals surface area contributed by atoms with E-state index in [4.69, 9.17) is 4.74 Å². The predicted molar refractivity (Wildman–Crippen MR) is 71.1 cm³/mol. The first kappa shape index (κ1) is 12.0. The summed E-state index contributed by atoms with van der Waals surface area (Å²) < 4.78 is 6.64. The van der Waals surface area contributed by atoms with Gasteiger partial charge in [0.25, 0.3) is 0 Å². The van der Waals surface area contributed by atoms with Crippen molar-refractivity contribution < 1.29 is 14.6 Å². The lowest BCUT2D eigenvalue weighted by molar-refractivity contribution is -0.143. The van der Waals surface area contributed by atoms with Crippen molar-refractivity contribution in [2.45, 2.75) is 37.5 Å². The molecule has 0 bridgehead atoms. The third-order valence-electron chi connectivity index (χ3n) is 4.13. The molecule has 4 heteroatoms. The number of carboxylic acid groups (broad SMARTS) is 1. The van der Waals surface area contributed by atoms with Gasteiger partial charge < -0.3 is 9.84 Å². The highest BCUT2D eigenvalue weighted by atomic mass is 79.9. The topological polar surface area (TPSA) is 46.5 Å². The molecule has 0 atom stereocenters. The summed E-state index contributed by atoms with van der Waals surface area (Å²) in [5.74, 6) is 0.110. The van der Waals surface area contributed by atoms with E-state index in [-0.39, 0.29) is 0 Å². The Morgan fingerprint density at radius 1 is 1.33 bits per heavy atom. The maximum atomic E-state index is 11.8. The van der Waals surface area contributed by atoms with E-state index in [0.29, 0.717) is 19.4 Å². The molecule has 1 N–H and O–H groups in total. The molecule has 3 nitrogen and oxygen atoms in total. The van der Waals surface area contributed by atoms with Gasteiger partial charge in [-0.25, -0.2) is 0 Å². The summed E-state index contributed by atoms with van der Waals surface area (Å²) in [5.41, 5.74) is 1.26. The number of rotatable bonds is 2. The van der Waals surface area contributed by atoms with E-state index >= 15 is 0 Å². The van der Waals surface area contributed by atoms with Crippen LogP contribution in [0.4, 0.5) is 0 Å². The van der Waals surface area contributed by atoms with E-state index in [1.54, 1.807) is 0 Å². The van der Waals surface area contributed by atoms with E-state index in [9.17, 15) is 9.90 Å². The van der Waals surface area contributed by atoms with Crippen molar-refractivity contribution in [2.24, 2.45) is 0 Å². The second-order valence-corrected chi connectivity index (χ2v) is 6.05. The van der Waals surface area contributed by atoms with Crippen molar-refractivity contribution >= 4 is 21.9 Å². The summed E-state index contributed by atoms with van der Waals surface area (Å²) >= 11 is 3.49. The Hall–Kier alpha value is -1.03. The Labute approximate surface area is 114 Å². The van der Waals surface area contributed by atoms with Gasteiger partial charge in [-0.15, -0.1) is 0 Å². The fourth-order valence-electron chi connectivity index (χ4n) is 3.20. The highest BCUT2D eigenvalue weighted by molar-refractivity contribution is 9.10. The Morgan fingerprint density at radius 2 is 2.06 bits per heavy atom. The first-order valence-electron chi connectivity index (χ1n) is 6.32. The van der Waals surface area contributed by atoms with Crippen molar-refractivity contribution in [1.82, 2.24) is 0 Å². The van der Waals surface area contributed by atoms with E-state index < -0.39 is 11.4 Å². The minimum absolute atomic E-state index is 0.661. The summed E-state index contributed by atoms with van der Waals surface area (Å²) in [6.07, 6.45) is 4.27. The molecule has 0 unspecified atom stereocenters. The Bertz CT molecular complexity index is 504. The highest BCUT2D eigenvalue weighted by Crippen LogP contribution is 2.48. The Kier molecular flexibility index (Phi) is 2.85. The number of carboxylic acids is 1. The SMILES string of the molecule is O=C(O)C1(c2cc(Br)cc3c2OCC3)CCCC1. The lowest BCUT2D eigenvalue weighted by Gasteiger charge is -2.26. The average Bonchev–Trinajstić information content (AvgIpc) is 2.96. The fourth-order valence-corrected chi connectivity index (χ4v) is 3.71. The molecular weight excluding hydrogens is 296 g/mol. The van der Waals surface area contributed by atoms with Crippen molar-refractivity contribution in [3.05, 3.63) is 27.7 Å². The van der Waals surface area contributed by atoms with Gasteiger partial charge in [0.2, 0.25) is 0 Å². The van der Waals surface area contributed by atoms with Gasteiger partial charge in [-0.3, -0.25) is 4.79 Å². The Morgan fingerprint density at radius 3 is 2.72 bits per heavy atom. The minimum atomic E-state index is -0.738. The van der Waals surface area contributed by atoms with Crippen LogP contribution >= 0.6 is 15.9 Å². The van der Waals surface area contributed by atoms with Crippen LogP contribution in [0.15, 0.2) is 16.6 Å². The summed E-state index contributed by atoms with van der Waals surface area (Å²) in [6, 6.07) is 3.97. The minimum Gasteiger partial charge on any atom is -0.493 e. The van der Waals surface area contributed by atoms with Crippen LogP contribution in [-0.2, 0) is 16.6 Å². The quantitative estimate of drug-likeness (QED) is 0.912. The van der Waals surface area contributed by atoms with Gasteiger partial charge in [-0.1, -0.05) is 28.8 Å². The maximum Gasteiger partial charge on any atom is 0.314 e. The molecule has 1 heterocycles. The summed E-state index contributed by atoms with van der Waals surface area (Å²) in [5, 5.41) is 9.67. The molecule has 0 saturated heterocycles. The largest absolute Gasteiger partial charge is 0.493 e. The van der Waals surface area contributed by atoms with Crippen molar-refractivity contribution in [2.75, 3.05) is 6.61 Å². The summed E-state index contributed by atoms with van der Waals surface area (Å²) in [6.45, 7) is 0.661. The number of aliphatic carboxylic acids is 1. The molecule has 0 aromatic heterocycles. The lowest BCUT2D eigenvalue weighted by Crippen LogP contribution is -2.33. The number of benzene rings is 1. The molecule has 0 spiro atoms.